The van der Waals surface area contributed by atoms with Gasteiger partial charge in [0.1, 0.15) is 0 Å². The van der Waals surface area contributed by atoms with Gasteiger partial charge in [0.2, 0.25) is 0 Å². The maximum atomic E-state index is 10.7. The molecule has 1 saturated heterocycles. The van der Waals surface area contributed by atoms with Crippen LogP contribution in [0.5, 0.6) is 0 Å². The molecule has 0 aromatic heterocycles. The Morgan fingerprint density at radius 1 is 1.50 bits per heavy atom. The smallest absolute Gasteiger partial charge is 0.271 e. The van der Waals surface area contributed by atoms with E-state index in [2.05, 4.69) is 24.2 Å². The molecule has 1 aliphatic rings. The van der Waals surface area contributed by atoms with Crippen LogP contribution in [0.15, 0.2) is 24.3 Å². The molecule has 98 valence electrons. The van der Waals surface area contributed by atoms with Gasteiger partial charge in [0, 0.05) is 30.4 Å². The average Bonchev–Trinajstić information content (AvgIpc) is 2.33. The summed E-state index contributed by atoms with van der Waals surface area (Å²) in [6.45, 7) is 4.34. The monoisotopic (exact) mass is 249 g/mol. The molecule has 1 aromatic rings. The van der Waals surface area contributed by atoms with Crippen LogP contribution in [0.1, 0.15) is 13.3 Å². The molecule has 2 atom stereocenters. The van der Waals surface area contributed by atoms with Crippen molar-refractivity contribution in [3.63, 3.8) is 0 Å². The third kappa shape index (κ3) is 2.98. The molecule has 1 aromatic carbocycles. The first kappa shape index (κ1) is 12.8. The topological polar surface area (TPSA) is 58.4 Å². The summed E-state index contributed by atoms with van der Waals surface area (Å²) in [4.78, 5) is 12.7. The van der Waals surface area contributed by atoms with Gasteiger partial charge in [-0.1, -0.05) is 13.0 Å². The van der Waals surface area contributed by atoms with Gasteiger partial charge in [-0.05, 0) is 32.0 Å². The number of nitrogens with one attached hydrogen (secondary N) is 1. The summed E-state index contributed by atoms with van der Waals surface area (Å²) in [7, 11) is 2.13. The average molecular weight is 249 g/mol. The number of benzene rings is 1. The molecule has 0 bridgehead atoms. The van der Waals surface area contributed by atoms with Gasteiger partial charge in [-0.2, -0.15) is 0 Å². The molecule has 0 radical (unpaired) electrons. The van der Waals surface area contributed by atoms with Crippen LogP contribution in [0.25, 0.3) is 0 Å². The van der Waals surface area contributed by atoms with E-state index >= 15 is 0 Å². The van der Waals surface area contributed by atoms with E-state index in [1.165, 1.54) is 6.07 Å². The Labute approximate surface area is 107 Å². The highest BCUT2D eigenvalue weighted by molar-refractivity contribution is 5.51. The third-order valence-corrected chi connectivity index (χ3v) is 3.52. The van der Waals surface area contributed by atoms with Crippen LogP contribution >= 0.6 is 0 Å². The number of nitro benzene ring substituents is 1. The molecule has 1 N–H and O–H groups in total. The van der Waals surface area contributed by atoms with Crippen LogP contribution < -0.4 is 5.32 Å². The van der Waals surface area contributed by atoms with Gasteiger partial charge in [0.05, 0.1) is 4.92 Å². The summed E-state index contributed by atoms with van der Waals surface area (Å²) < 4.78 is 0. The summed E-state index contributed by atoms with van der Waals surface area (Å²) in [6, 6.07) is 7.12. The van der Waals surface area contributed by atoms with Crippen molar-refractivity contribution in [3.05, 3.63) is 34.4 Å². The second-order valence-corrected chi connectivity index (χ2v) is 5.09. The van der Waals surface area contributed by atoms with Crippen LogP contribution in [0.3, 0.4) is 0 Å². The molecule has 18 heavy (non-hydrogen) atoms. The second kappa shape index (κ2) is 5.35. The van der Waals surface area contributed by atoms with Crippen LogP contribution in [-0.4, -0.2) is 36.0 Å². The van der Waals surface area contributed by atoms with Crippen molar-refractivity contribution in [1.82, 2.24) is 4.90 Å². The largest absolute Gasteiger partial charge is 0.382 e. The molecule has 5 heteroatoms. The third-order valence-electron chi connectivity index (χ3n) is 3.52. The van der Waals surface area contributed by atoms with Gasteiger partial charge < -0.3 is 10.2 Å². The van der Waals surface area contributed by atoms with E-state index in [1.807, 2.05) is 6.07 Å². The zero-order chi connectivity index (χ0) is 13.1. The number of rotatable bonds is 3. The van der Waals surface area contributed by atoms with E-state index in [1.54, 1.807) is 12.1 Å². The fourth-order valence-corrected chi connectivity index (χ4v) is 2.49. The molecular weight excluding hydrogens is 230 g/mol. The van der Waals surface area contributed by atoms with Gasteiger partial charge in [-0.25, -0.2) is 0 Å². The zero-order valence-corrected chi connectivity index (χ0v) is 10.8. The summed E-state index contributed by atoms with van der Waals surface area (Å²) in [6.07, 6.45) is 1.07. The normalized spacial score (nSPS) is 24.8. The number of likely N-dealkylation sites (tertiary alicyclic amines) is 1. The standard InChI is InChI=1S/C13H19N3O2/c1-10-9-15(2)7-6-13(10)14-11-4-3-5-12(8-11)16(17)18/h3-5,8,10,13-14H,6-7,9H2,1-2H3. The maximum Gasteiger partial charge on any atom is 0.271 e. The zero-order valence-electron chi connectivity index (χ0n) is 10.8. The summed E-state index contributed by atoms with van der Waals surface area (Å²) in [5.41, 5.74) is 0.978. The molecule has 5 nitrogen and oxygen atoms in total. The van der Waals surface area contributed by atoms with Crippen molar-refractivity contribution < 1.29 is 4.92 Å². The Morgan fingerprint density at radius 2 is 2.28 bits per heavy atom. The first-order chi connectivity index (χ1) is 8.56. The van der Waals surface area contributed by atoms with Crippen molar-refractivity contribution in [1.29, 1.82) is 0 Å². The lowest BCUT2D eigenvalue weighted by molar-refractivity contribution is -0.384. The Kier molecular flexibility index (Phi) is 3.81. The van der Waals surface area contributed by atoms with Gasteiger partial charge in [0.25, 0.3) is 5.69 Å². The van der Waals surface area contributed by atoms with Gasteiger partial charge in [0.15, 0.2) is 0 Å². The molecule has 1 heterocycles. The lowest BCUT2D eigenvalue weighted by Gasteiger charge is -2.35. The maximum absolute atomic E-state index is 10.7. The van der Waals surface area contributed by atoms with Crippen molar-refractivity contribution in [2.75, 3.05) is 25.5 Å². The highest BCUT2D eigenvalue weighted by atomic mass is 16.6. The highest BCUT2D eigenvalue weighted by Gasteiger charge is 2.24. The Hall–Kier alpha value is -1.62. The number of hydrogen-bond donors (Lipinski definition) is 1. The van der Waals surface area contributed by atoms with Crippen molar-refractivity contribution >= 4 is 11.4 Å². The quantitative estimate of drug-likeness (QED) is 0.660. The fourth-order valence-electron chi connectivity index (χ4n) is 2.49. The van der Waals surface area contributed by atoms with Crippen molar-refractivity contribution in [2.45, 2.75) is 19.4 Å². The first-order valence-electron chi connectivity index (χ1n) is 6.26. The second-order valence-electron chi connectivity index (χ2n) is 5.09. The summed E-state index contributed by atoms with van der Waals surface area (Å²) in [5.74, 6) is 0.544. The molecule has 0 spiro atoms. The number of anilines is 1. The Bertz CT molecular complexity index is 436. The molecular formula is C13H19N3O2. The lowest BCUT2D eigenvalue weighted by atomic mass is 9.94. The number of nitrogens with zero attached hydrogens (tertiary/aromatic N) is 2. The molecule has 1 fully saturated rings. The minimum Gasteiger partial charge on any atom is -0.382 e. The Morgan fingerprint density at radius 3 is 2.94 bits per heavy atom. The predicted octanol–water partition coefficient (Wildman–Crippen LogP) is 2.35. The highest BCUT2D eigenvalue weighted by Crippen LogP contribution is 2.23. The number of non-ortho nitro benzene ring substituents is 1. The van der Waals surface area contributed by atoms with Crippen LogP contribution in [0.2, 0.25) is 0 Å². The molecule has 2 rings (SSSR count). The van der Waals surface area contributed by atoms with E-state index in [4.69, 9.17) is 0 Å². The molecule has 2 unspecified atom stereocenters. The van der Waals surface area contributed by atoms with E-state index < -0.39 is 0 Å². The lowest BCUT2D eigenvalue weighted by Crippen LogP contribution is -2.43. The molecule has 0 aliphatic carbocycles. The Balaban J connectivity index is 2.05. The van der Waals surface area contributed by atoms with Gasteiger partial charge >= 0.3 is 0 Å². The number of hydrogen-bond acceptors (Lipinski definition) is 4. The van der Waals surface area contributed by atoms with E-state index in [0.717, 1.165) is 25.2 Å². The predicted molar refractivity (Wildman–Crippen MR) is 71.8 cm³/mol. The van der Waals surface area contributed by atoms with E-state index in [0.29, 0.717) is 12.0 Å². The van der Waals surface area contributed by atoms with Gasteiger partial charge in [-0.15, -0.1) is 0 Å². The fraction of sp³-hybridized carbons (Fsp3) is 0.538. The first-order valence-corrected chi connectivity index (χ1v) is 6.26. The molecule has 0 amide bonds. The number of nitro groups is 1. The van der Waals surface area contributed by atoms with Gasteiger partial charge in [-0.3, -0.25) is 10.1 Å². The van der Waals surface area contributed by atoms with Crippen molar-refractivity contribution in [3.8, 4) is 0 Å². The SMILES string of the molecule is CC1CN(C)CCC1Nc1cccc([N+](=O)[O-])c1. The van der Waals surface area contributed by atoms with E-state index in [-0.39, 0.29) is 10.6 Å². The van der Waals surface area contributed by atoms with Crippen LogP contribution in [-0.2, 0) is 0 Å². The minimum absolute atomic E-state index is 0.139. The van der Waals surface area contributed by atoms with Crippen LogP contribution in [0, 0.1) is 16.0 Å². The summed E-state index contributed by atoms with van der Waals surface area (Å²) in [5, 5.41) is 14.1. The number of piperidine rings is 1. The van der Waals surface area contributed by atoms with Crippen LogP contribution in [0.4, 0.5) is 11.4 Å². The van der Waals surface area contributed by atoms with Crippen molar-refractivity contribution in [2.24, 2.45) is 5.92 Å². The minimum atomic E-state index is -0.358. The summed E-state index contributed by atoms with van der Waals surface area (Å²) >= 11 is 0. The molecule has 0 saturated carbocycles. The molecule has 1 aliphatic heterocycles. The van der Waals surface area contributed by atoms with E-state index in [9.17, 15) is 10.1 Å².